The molecule has 3 nitrogen and oxygen atoms in total. The third kappa shape index (κ3) is 0.690. The zero-order valence-corrected chi connectivity index (χ0v) is 5.05. The van der Waals surface area contributed by atoms with E-state index in [1.54, 1.807) is 11.9 Å². The first-order chi connectivity index (χ1) is 3.72. The molecule has 0 saturated carbocycles. The molecular formula is C5H9NO2. The number of hydrogen-bond acceptors (Lipinski definition) is 2. The van der Waals surface area contributed by atoms with Gasteiger partial charge < -0.3 is 9.64 Å². The summed E-state index contributed by atoms with van der Waals surface area (Å²) < 4.78 is 4.95. The maximum absolute atomic E-state index is 10.6. The van der Waals surface area contributed by atoms with Gasteiger partial charge in [0.25, 0.3) is 0 Å². The van der Waals surface area contributed by atoms with E-state index in [0.29, 0.717) is 0 Å². The molecule has 0 spiro atoms. The molecule has 8 heavy (non-hydrogen) atoms. The number of amides is 1. The smallest absolute Gasteiger partial charge is 0.250 e. The van der Waals surface area contributed by atoms with Crippen molar-refractivity contribution < 1.29 is 9.53 Å². The van der Waals surface area contributed by atoms with Crippen LogP contribution in [0.1, 0.15) is 6.92 Å². The van der Waals surface area contributed by atoms with Gasteiger partial charge in [-0.25, -0.2) is 0 Å². The van der Waals surface area contributed by atoms with Crippen molar-refractivity contribution in [2.24, 2.45) is 0 Å². The minimum Gasteiger partial charge on any atom is -0.349 e. The lowest BCUT2D eigenvalue weighted by atomic mass is 10.6. The van der Waals surface area contributed by atoms with Crippen molar-refractivity contribution in [1.82, 2.24) is 4.90 Å². The highest BCUT2D eigenvalue weighted by atomic mass is 16.5. The molecule has 1 aliphatic rings. The number of hydrogen-bond donors (Lipinski definition) is 0. The molecule has 0 aromatic rings. The summed E-state index contributed by atoms with van der Waals surface area (Å²) in [6.07, 6.45) is -0.0255. The van der Waals surface area contributed by atoms with Crippen molar-refractivity contribution in [1.29, 1.82) is 0 Å². The third-order valence-electron chi connectivity index (χ3n) is 1.39. The van der Waals surface area contributed by atoms with E-state index in [0.717, 1.165) is 0 Å². The monoisotopic (exact) mass is 115 g/mol. The van der Waals surface area contributed by atoms with Crippen LogP contribution in [0, 0.1) is 0 Å². The topological polar surface area (TPSA) is 29.5 Å². The highest BCUT2D eigenvalue weighted by molar-refractivity contribution is 5.78. The lowest BCUT2D eigenvalue weighted by molar-refractivity contribution is -0.126. The minimum absolute atomic E-state index is 0.0255. The summed E-state index contributed by atoms with van der Waals surface area (Å²) in [5.74, 6) is 0.0671. The summed E-state index contributed by atoms with van der Waals surface area (Å²) in [4.78, 5) is 12.2. The molecule has 46 valence electrons. The van der Waals surface area contributed by atoms with E-state index < -0.39 is 0 Å². The summed E-state index contributed by atoms with van der Waals surface area (Å²) in [7, 11) is 1.74. The van der Waals surface area contributed by atoms with Crippen LogP contribution < -0.4 is 0 Å². The molecular weight excluding hydrogens is 106 g/mol. The Morgan fingerprint density at radius 2 is 2.50 bits per heavy atom. The summed E-state index contributed by atoms with van der Waals surface area (Å²) in [6.45, 7) is 2.10. The van der Waals surface area contributed by atoms with Gasteiger partial charge in [-0.05, 0) is 6.92 Å². The average Bonchev–Trinajstić information content (AvgIpc) is 1.98. The molecule has 0 aliphatic carbocycles. The van der Waals surface area contributed by atoms with E-state index in [2.05, 4.69) is 0 Å². The molecule has 1 fully saturated rings. The Kier molecular flexibility index (Phi) is 1.21. The zero-order valence-electron chi connectivity index (χ0n) is 5.05. The fourth-order valence-electron chi connectivity index (χ4n) is 0.608. The normalized spacial score (nSPS) is 29.5. The summed E-state index contributed by atoms with van der Waals surface area (Å²) in [5.41, 5.74) is 0. The lowest BCUT2D eigenvalue weighted by Crippen LogP contribution is -2.26. The first-order valence-electron chi connectivity index (χ1n) is 2.59. The lowest BCUT2D eigenvalue weighted by Gasteiger charge is -2.11. The largest absolute Gasteiger partial charge is 0.349 e. The van der Waals surface area contributed by atoms with Crippen LogP contribution in [0.4, 0.5) is 0 Å². The van der Waals surface area contributed by atoms with Crippen molar-refractivity contribution in [3.05, 3.63) is 0 Å². The Morgan fingerprint density at radius 3 is 2.62 bits per heavy atom. The van der Waals surface area contributed by atoms with Crippen LogP contribution in [0.15, 0.2) is 0 Å². The summed E-state index contributed by atoms with van der Waals surface area (Å²) in [5, 5.41) is 0. The third-order valence-corrected chi connectivity index (χ3v) is 1.39. The van der Waals surface area contributed by atoms with Crippen molar-refractivity contribution >= 4 is 5.91 Å². The van der Waals surface area contributed by atoms with Crippen LogP contribution in [0.5, 0.6) is 0 Å². The SMILES string of the molecule is CC1OCC(=O)N1C. The van der Waals surface area contributed by atoms with E-state index in [1.807, 2.05) is 6.92 Å². The molecule has 0 aromatic carbocycles. The second-order valence-electron chi connectivity index (χ2n) is 1.91. The Bertz CT molecular complexity index is 113. The fourth-order valence-corrected chi connectivity index (χ4v) is 0.608. The molecule has 0 bridgehead atoms. The predicted octanol–water partition coefficient (Wildman–Crippen LogP) is -0.179. The second-order valence-corrected chi connectivity index (χ2v) is 1.91. The molecule has 1 atom stereocenters. The molecule has 3 heteroatoms. The number of likely N-dealkylation sites (N-methyl/N-ethyl adjacent to an activating group) is 1. The Labute approximate surface area is 48.2 Å². The van der Waals surface area contributed by atoms with Gasteiger partial charge in [-0.3, -0.25) is 4.79 Å². The van der Waals surface area contributed by atoms with Crippen molar-refractivity contribution in [2.45, 2.75) is 13.2 Å². The molecule has 0 N–H and O–H groups in total. The average molecular weight is 115 g/mol. The quantitative estimate of drug-likeness (QED) is 0.438. The summed E-state index contributed by atoms with van der Waals surface area (Å²) >= 11 is 0. The van der Waals surface area contributed by atoms with Gasteiger partial charge in [-0.1, -0.05) is 0 Å². The van der Waals surface area contributed by atoms with Gasteiger partial charge in [0, 0.05) is 7.05 Å². The van der Waals surface area contributed by atoms with E-state index in [1.165, 1.54) is 0 Å². The minimum atomic E-state index is -0.0255. The first-order valence-corrected chi connectivity index (χ1v) is 2.59. The van der Waals surface area contributed by atoms with Crippen LogP contribution in [-0.4, -0.2) is 30.7 Å². The van der Waals surface area contributed by atoms with Gasteiger partial charge in [-0.15, -0.1) is 0 Å². The highest BCUT2D eigenvalue weighted by Crippen LogP contribution is 2.05. The van der Waals surface area contributed by atoms with Crippen LogP contribution in [0.3, 0.4) is 0 Å². The van der Waals surface area contributed by atoms with Crippen molar-refractivity contribution in [2.75, 3.05) is 13.7 Å². The van der Waals surface area contributed by atoms with E-state index in [9.17, 15) is 4.79 Å². The highest BCUT2D eigenvalue weighted by Gasteiger charge is 2.23. The molecule has 1 aliphatic heterocycles. The number of ether oxygens (including phenoxy) is 1. The van der Waals surface area contributed by atoms with Gasteiger partial charge >= 0.3 is 0 Å². The van der Waals surface area contributed by atoms with E-state index in [-0.39, 0.29) is 18.7 Å². The van der Waals surface area contributed by atoms with Crippen molar-refractivity contribution in [3.8, 4) is 0 Å². The van der Waals surface area contributed by atoms with E-state index >= 15 is 0 Å². The fraction of sp³-hybridized carbons (Fsp3) is 0.800. The molecule has 1 heterocycles. The van der Waals surface area contributed by atoms with Crippen LogP contribution >= 0.6 is 0 Å². The zero-order chi connectivity index (χ0) is 6.15. The number of carbonyl (C=O) groups excluding carboxylic acids is 1. The molecule has 1 rings (SSSR count). The Hall–Kier alpha value is -0.570. The molecule has 0 aromatic heterocycles. The van der Waals surface area contributed by atoms with Crippen LogP contribution in [0.25, 0.3) is 0 Å². The first kappa shape index (κ1) is 5.56. The Morgan fingerprint density at radius 1 is 1.88 bits per heavy atom. The molecule has 1 saturated heterocycles. The predicted molar refractivity (Wildman–Crippen MR) is 28.2 cm³/mol. The van der Waals surface area contributed by atoms with Crippen LogP contribution in [-0.2, 0) is 9.53 Å². The number of rotatable bonds is 0. The molecule has 1 unspecified atom stereocenters. The maximum atomic E-state index is 10.6. The van der Waals surface area contributed by atoms with Crippen molar-refractivity contribution in [3.63, 3.8) is 0 Å². The van der Waals surface area contributed by atoms with E-state index in [4.69, 9.17) is 4.74 Å². The van der Waals surface area contributed by atoms with Gasteiger partial charge in [-0.2, -0.15) is 0 Å². The number of carbonyl (C=O) groups is 1. The second kappa shape index (κ2) is 1.74. The maximum Gasteiger partial charge on any atom is 0.250 e. The molecule has 1 amide bonds. The van der Waals surface area contributed by atoms with Gasteiger partial charge in [0.1, 0.15) is 12.8 Å². The van der Waals surface area contributed by atoms with Gasteiger partial charge in [0.15, 0.2) is 0 Å². The van der Waals surface area contributed by atoms with Gasteiger partial charge in [0.05, 0.1) is 0 Å². The van der Waals surface area contributed by atoms with Gasteiger partial charge in [0.2, 0.25) is 5.91 Å². The summed E-state index contributed by atoms with van der Waals surface area (Å²) in [6, 6.07) is 0. The van der Waals surface area contributed by atoms with Crippen LogP contribution in [0.2, 0.25) is 0 Å². The standard InChI is InChI=1S/C5H9NO2/c1-4-6(2)5(7)3-8-4/h4H,3H2,1-2H3. The number of nitrogens with zero attached hydrogens (tertiary/aromatic N) is 1. The molecule has 0 radical (unpaired) electrons. The Balaban J connectivity index is 2.56.